The van der Waals surface area contributed by atoms with Gasteiger partial charge in [-0.05, 0) is 37.1 Å². The van der Waals surface area contributed by atoms with Crippen molar-refractivity contribution < 1.29 is 14.3 Å². The Bertz CT molecular complexity index is 421. The maximum absolute atomic E-state index is 11.8. The Morgan fingerprint density at radius 1 is 1.24 bits per heavy atom. The van der Waals surface area contributed by atoms with Gasteiger partial charge in [-0.25, -0.2) is 0 Å². The van der Waals surface area contributed by atoms with Gasteiger partial charge in [-0.1, -0.05) is 6.92 Å². The van der Waals surface area contributed by atoms with E-state index in [9.17, 15) is 9.59 Å². The summed E-state index contributed by atoms with van der Waals surface area (Å²) in [6.07, 6.45) is 1.41. The van der Waals surface area contributed by atoms with Crippen LogP contribution < -0.4 is 4.74 Å². The summed E-state index contributed by atoms with van der Waals surface area (Å²) in [5.41, 5.74) is 1.67. The van der Waals surface area contributed by atoms with Crippen molar-refractivity contribution in [1.29, 1.82) is 0 Å². The third-order valence-corrected chi connectivity index (χ3v) is 2.69. The molecule has 0 saturated carbocycles. The molecule has 0 unspecified atom stereocenters. The van der Waals surface area contributed by atoms with Crippen LogP contribution in [0.4, 0.5) is 0 Å². The van der Waals surface area contributed by atoms with Crippen LogP contribution in [0.1, 0.15) is 42.6 Å². The molecule has 92 valence electrons. The van der Waals surface area contributed by atoms with Gasteiger partial charge in [-0.2, -0.15) is 0 Å². The molecule has 3 nitrogen and oxygen atoms in total. The SMILES string of the molecule is CCc1cc(C(=O)CCC(C)=O)ccc1OC. The molecule has 0 N–H and O–H groups in total. The van der Waals surface area contributed by atoms with Crippen LogP contribution in [0.2, 0.25) is 0 Å². The van der Waals surface area contributed by atoms with Gasteiger partial charge in [0.25, 0.3) is 0 Å². The van der Waals surface area contributed by atoms with Gasteiger partial charge < -0.3 is 9.53 Å². The van der Waals surface area contributed by atoms with Crippen LogP contribution in [0.3, 0.4) is 0 Å². The fourth-order valence-corrected chi connectivity index (χ4v) is 1.66. The van der Waals surface area contributed by atoms with E-state index in [1.54, 1.807) is 19.2 Å². The van der Waals surface area contributed by atoms with Gasteiger partial charge >= 0.3 is 0 Å². The predicted octanol–water partition coefficient (Wildman–Crippen LogP) is 2.81. The maximum Gasteiger partial charge on any atom is 0.163 e. The lowest BCUT2D eigenvalue weighted by Gasteiger charge is -2.08. The molecular weight excluding hydrogens is 216 g/mol. The summed E-state index contributed by atoms with van der Waals surface area (Å²) < 4.78 is 5.20. The summed E-state index contributed by atoms with van der Waals surface area (Å²) in [6, 6.07) is 5.40. The quantitative estimate of drug-likeness (QED) is 0.711. The minimum Gasteiger partial charge on any atom is -0.496 e. The van der Waals surface area contributed by atoms with E-state index in [1.165, 1.54) is 6.92 Å². The minimum atomic E-state index is 0.0116. The van der Waals surface area contributed by atoms with E-state index in [1.807, 2.05) is 13.0 Å². The van der Waals surface area contributed by atoms with Gasteiger partial charge in [0.1, 0.15) is 11.5 Å². The zero-order valence-electron chi connectivity index (χ0n) is 10.6. The van der Waals surface area contributed by atoms with Gasteiger partial charge in [-0.15, -0.1) is 0 Å². The van der Waals surface area contributed by atoms with E-state index in [4.69, 9.17) is 4.74 Å². The highest BCUT2D eigenvalue weighted by atomic mass is 16.5. The maximum atomic E-state index is 11.8. The van der Waals surface area contributed by atoms with E-state index < -0.39 is 0 Å². The third kappa shape index (κ3) is 3.70. The molecule has 0 bridgehead atoms. The second kappa shape index (κ2) is 6.18. The molecule has 3 heteroatoms. The number of Topliss-reactive ketones (excluding diaryl/α,β-unsaturated/α-hetero) is 2. The number of carbonyl (C=O) groups excluding carboxylic acids is 2. The molecule has 0 amide bonds. The van der Waals surface area contributed by atoms with Gasteiger partial charge in [-0.3, -0.25) is 4.79 Å². The molecule has 0 aromatic heterocycles. The van der Waals surface area contributed by atoms with Gasteiger partial charge in [0.2, 0.25) is 0 Å². The zero-order chi connectivity index (χ0) is 12.8. The summed E-state index contributed by atoms with van der Waals surface area (Å²) in [6.45, 7) is 3.51. The fourth-order valence-electron chi connectivity index (χ4n) is 1.66. The van der Waals surface area contributed by atoms with E-state index in [0.29, 0.717) is 12.0 Å². The molecule has 1 aromatic carbocycles. The monoisotopic (exact) mass is 234 g/mol. The highest BCUT2D eigenvalue weighted by molar-refractivity contribution is 5.98. The molecule has 1 rings (SSSR count). The molecule has 0 heterocycles. The van der Waals surface area contributed by atoms with Crippen LogP contribution in [0.5, 0.6) is 5.75 Å². The van der Waals surface area contributed by atoms with E-state index in [2.05, 4.69) is 0 Å². The molecule has 0 spiro atoms. The molecule has 0 radical (unpaired) electrons. The Hall–Kier alpha value is -1.64. The van der Waals surface area contributed by atoms with Crippen molar-refractivity contribution in [2.75, 3.05) is 7.11 Å². The largest absolute Gasteiger partial charge is 0.496 e. The summed E-state index contributed by atoms with van der Waals surface area (Å²) in [5, 5.41) is 0. The van der Waals surface area contributed by atoms with Crippen molar-refractivity contribution in [3.63, 3.8) is 0 Å². The lowest BCUT2D eigenvalue weighted by Crippen LogP contribution is -2.03. The van der Waals surface area contributed by atoms with Gasteiger partial charge in [0.15, 0.2) is 5.78 Å². The molecule has 0 aliphatic rings. The normalized spacial score (nSPS) is 10.1. The topological polar surface area (TPSA) is 43.4 Å². The lowest BCUT2D eigenvalue weighted by molar-refractivity contribution is -0.116. The van der Waals surface area contributed by atoms with Crippen LogP contribution in [-0.2, 0) is 11.2 Å². The Kier molecular flexibility index (Phi) is 4.88. The number of ketones is 2. The average molecular weight is 234 g/mol. The van der Waals surface area contributed by atoms with Crippen molar-refractivity contribution in [1.82, 2.24) is 0 Å². The molecule has 0 saturated heterocycles. The van der Waals surface area contributed by atoms with Crippen molar-refractivity contribution in [2.24, 2.45) is 0 Å². The second-order valence-corrected chi connectivity index (χ2v) is 4.01. The van der Waals surface area contributed by atoms with E-state index >= 15 is 0 Å². The number of carbonyl (C=O) groups is 2. The van der Waals surface area contributed by atoms with Crippen LogP contribution in [0.25, 0.3) is 0 Å². The Balaban J connectivity index is 2.84. The lowest BCUT2D eigenvalue weighted by atomic mass is 10.0. The summed E-state index contributed by atoms with van der Waals surface area (Å²) >= 11 is 0. The molecular formula is C14H18O3. The Morgan fingerprint density at radius 3 is 2.47 bits per heavy atom. The standard InChI is InChI=1S/C14H18O3/c1-4-11-9-12(6-8-14(11)17-3)13(16)7-5-10(2)15/h6,8-9H,4-5,7H2,1-3H3. The smallest absolute Gasteiger partial charge is 0.163 e. The molecule has 1 aromatic rings. The number of hydrogen-bond acceptors (Lipinski definition) is 3. The van der Waals surface area contributed by atoms with Crippen LogP contribution >= 0.6 is 0 Å². The number of benzene rings is 1. The van der Waals surface area contributed by atoms with Crippen molar-refractivity contribution in [3.8, 4) is 5.75 Å². The zero-order valence-corrected chi connectivity index (χ0v) is 10.6. The molecule has 0 atom stereocenters. The van der Waals surface area contributed by atoms with E-state index in [-0.39, 0.29) is 18.0 Å². The summed E-state index contributed by atoms with van der Waals surface area (Å²) in [7, 11) is 1.62. The second-order valence-electron chi connectivity index (χ2n) is 4.01. The number of aryl methyl sites for hydroxylation is 1. The van der Waals surface area contributed by atoms with Crippen LogP contribution in [-0.4, -0.2) is 18.7 Å². The number of rotatable bonds is 6. The summed E-state index contributed by atoms with van der Waals surface area (Å²) in [5.74, 6) is 0.857. The number of methoxy groups -OCH3 is 1. The van der Waals surface area contributed by atoms with Gasteiger partial charge in [0.05, 0.1) is 7.11 Å². The average Bonchev–Trinajstić information content (AvgIpc) is 2.34. The van der Waals surface area contributed by atoms with Crippen molar-refractivity contribution in [2.45, 2.75) is 33.1 Å². The number of ether oxygens (including phenoxy) is 1. The number of hydrogen-bond donors (Lipinski definition) is 0. The van der Waals surface area contributed by atoms with Gasteiger partial charge in [0, 0.05) is 18.4 Å². The Morgan fingerprint density at radius 2 is 1.94 bits per heavy atom. The third-order valence-electron chi connectivity index (χ3n) is 2.69. The molecule has 0 aliphatic carbocycles. The highest BCUT2D eigenvalue weighted by Gasteiger charge is 2.10. The fraction of sp³-hybridized carbons (Fsp3) is 0.429. The Labute approximate surface area is 102 Å². The first kappa shape index (κ1) is 13.4. The first-order valence-electron chi connectivity index (χ1n) is 5.78. The van der Waals surface area contributed by atoms with Crippen molar-refractivity contribution in [3.05, 3.63) is 29.3 Å². The van der Waals surface area contributed by atoms with Crippen molar-refractivity contribution >= 4 is 11.6 Å². The first-order valence-corrected chi connectivity index (χ1v) is 5.78. The van der Waals surface area contributed by atoms with E-state index in [0.717, 1.165) is 17.7 Å². The highest BCUT2D eigenvalue weighted by Crippen LogP contribution is 2.21. The summed E-state index contributed by atoms with van der Waals surface area (Å²) in [4.78, 5) is 22.7. The molecule has 0 aliphatic heterocycles. The first-order chi connectivity index (χ1) is 8.08. The molecule has 17 heavy (non-hydrogen) atoms. The van der Waals surface area contributed by atoms with Crippen LogP contribution in [0, 0.1) is 0 Å². The predicted molar refractivity (Wildman–Crippen MR) is 66.6 cm³/mol. The molecule has 0 fully saturated rings. The van der Waals surface area contributed by atoms with Crippen LogP contribution in [0.15, 0.2) is 18.2 Å². The minimum absolute atomic E-state index is 0.0116.